The molecular weight excluding hydrogens is 378 g/mol. The maximum Gasteiger partial charge on any atom is 0.233 e. The van der Waals surface area contributed by atoms with Crippen LogP contribution in [0.25, 0.3) is 0 Å². The van der Waals surface area contributed by atoms with Crippen molar-refractivity contribution >= 4 is 23.4 Å². The number of nitrogens with one attached hydrogen (secondary N) is 1. The van der Waals surface area contributed by atoms with Gasteiger partial charge in [-0.05, 0) is 54.6 Å². The molecule has 1 aliphatic rings. The fourth-order valence-corrected chi connectivity index (χ4v) is 4.20. The van der Waals surface area contributed by atoms with Gasteiger partial charge < -0.3 is 10.1 Å². The highest BCUT2D eigenvalue weighted by Gasteiger charge is 2.16. The molecule has 4 nitrogen and oxygen atoms in total. The molecule has 2 heterocycles. The molecule has 0 amide bonds. The van der Waals surface area contributed by atoms with E-state index in [0.717, 1.165) is 42.4 Å². The lowest BCUT2D eigenvalue weighted by molar-refractivity contribution is 0.189. The Labute approximate surface area is 172 Å². The first-order valence-electron chi connectivity index (χ1n) is 9.01. The Kier molecular flexibility index (Phi) is 7.95. The third-order valence-electron chi connectivity index (χ3n) is 4.15. The molecule has 2 aromatic rings. The SMILES string of the molecule is C.CC(C)(C)COc1ccc(CSc2c(Cl)ccc3c2CCNCC3)nn1. The van der Waals surface area contributed by atoms with Gasteiger partial charge in [0.15, 0.2) is 0 Å². The Hall–Kier alpha value is -1.30. The van der Waals surface area contributed by atoms with Gasteiger partial charge in [0.2, 0.25) is 5.88 Å². The van der Waals surface area contributed by atoms with Crippen molar-refractivity contribution in [3.63, 3.8) is 0 Å². The molecule has 1 aromatic carbocycles. The molecule has 0 radical (unpaired) electrons. The highest BCUT2D eigenvalue weighted by Crippen LogP contribution is 2.35. The number of benzene rings is 1. The van der Waals surface area contributed by atoms with E-state index in [2.05, 4.69) is 42.4 Å². The van der Waals surface area contributed by atoms with E-state index in [1.807, 2.05) is 18.2 Å². The summed E-state index contributed by atoms with van der Waals surface area (Å²) >= 11 is 8.24. The number of aromatic nitrogens is 2. The highest BCUT2D eigenvalue weighted by molar-refractivity contribution is 7.98. The van der Waals surface area contributed by atoms with E-state index >= 15 is 0 Å². The van der Waals surface area contributed by atoms with Crippen molar-refractivity contribution < 1.29 is 4.74 Å². The van der Waals surface area contributed by atoms with Gasteiger partial charge in [-0.2, -0.15) is 5.10 Å². The van der Waals surface area contributed by atoms with Crippen LogP contribution in [0.3, 0.4) is 0 Å². The number of hydrogen-bond acceptors (Lipinski definition) is 5. The Morgan fingerprint density at radius 2 is 1.89 bits per heavy atom. The van der Waals surface area contributed by atoms with Crippen LogP contribution >= 0.6 is 23.4 Å². The molecule has 1 N–H and O–H groups in total. The molecule has 27 heavy (non-hydrogen) atoms. The molecule has 0 saturated heterocycles. The first-order valence-corrected chi connectivity index (χ1v) is 10.4. The first kappa shape index (κ1) is 22.0. The van der Waals surface area contributed by atoms with Crippen molar-refractivity contribution in [1.29, 1.82) is 0 Å². The van der Waals surface area contributed by atoms with Crippen LogP contribution < -0.4 is 10.1 Å². The minimum atomic E-state index is 0. The highest BCUT2D eigenvalue weighted by atomic mass is 35.5. The number of halogens is 1. The number of nitrogens with zero attached hydrogens (tertiary/aromatic N) is 2. The van der Waals surface area contributed by atoms with Gasteiger partial charge in [0.05, 0.1) is 17.3 Å². The monoisotopic (exact) mass is 407 g/mol. The molecule has 3 rings (SSSR count). The number of thioether (sulfide) groups is 1. The predicted molar refractivity (Wildman–Crippen MR) is 115 cm³/mol. The van der Waals surface area contributed by atoms with Gasteiger partial charge in [-0.3, -0.25) is 0 Å². The Morgan fingerprint density at radius 3 is 2.59 bits per heavy atom. The van der Waals surface area contributed by atoms with Crippen LogP contribution in [-0.4, -0.2) is 29.9 Å². The Morgan fingerprint density at radius 1 is 1.11 bits per heavy atom. The van der Waals surface area contributed by atoms with Crippen molar-refractivity contribution in [3.8, 4) is 5.88 Å². The molecule has 0 spiro atoms. The van der Waals surface area contributed by atoms with Gasteiger partial charge in [0.25, 0.3) is 0 Å². The minimum absolute atomic E-state index is 0. The second kappa shape index (κ2) is 9.76. The summed E-state index contributed by atoms with van der Waals surface area (Å²) in [6.45, 7) is 9.05. The van der Waals surface area contributed by atoms with Crippen LogP contribution in [-0.2, 0) is 18.6 Å². The van der Waals surface area contributed by atoms with Gasteiger partial charge in [-0.25, -0.2) is 0 Å². The van der Waals surface area contributed by atoms with Gasteiger partial charge in [0, 0.05) is 16.7 Å². The Balaban J connectivity index is 0.00000261. The van der Waals surface area contributed by atoms with E-state index in [0.29, 0.717) is 12.5 Å². The average Bonchev–Trinajstić information content (AvgIpc) is 2.85. The third-order valence-corrected chi connectivity index (χ3v) is 5.77. The van der Waals surface area contributed by atoms with Crippen LogP contribution in [0, 0.1) is 5.41 Å². The maximum absolute atomic E-state index is 6.49. The van der Waals surface area contributed by atoms with Crippen molar-refractivity contribution in [2.75, 3.05) is 19.7 Å². The summed E-state index contributed by atoms with van der Waals surface area (Å²) in [5.74, 6) is 1.32. The van der Waals surface area contributed by atoms with E-state index in [9.17, 15) is 0 Å². The summed E-state index contributed by atoms with van der Waals surface area (Å²) in [5.41, 5.74) is 3.82. The van der Waals surface area contributed by atoms with E-state index < -0.39 is 0 Å². The summed E-state index contributed by atoms with van der Waals surface area (Å²) in [6, 6.07) is 8.06. The van der Waals surface area contributed by atoms with Crippen LogP contribution in [0.2, 0.25) is 5.02 Å². The fraction of sp³-hybridized carbons (Fsp3) is 0.524. The zero-order valence-electron chi connectivity index (χ0n) is 15.6. The number of ether oxygens (including phenoxy) is 1. The van der Waals surface area contributed by atoms with Crippen LogP contribution in [0.1, 0.15) is 45.0 Å². The van der Waals surface area contributed by atoms with Gasteiger partial charge >= 0.3 is 0 Å². The minimum Gasteiger partial charge on any atom is -0.476 e. The van der Waals surface area contributed by atoms with E-state index in [-0.39, 0.29) is 12.8 Å². The summed E-state index contributed by atoms with van der Waals surface area (Å²) < 4.78 is 5.69. The number of hydrogen-bond donors (Lipinski definition) is 1. The lowest BCUT2D eigenvalue weighted by atomic mass is 9.99. The van der Waals surface area contributed by atoms with Crippen LogP contribution in [0.5, 0.6) is 5.88 Å². The second-order valence-corrected chi connectivity index (χ2v) is 9.16. The van der Waals surface area contributed by atoms with Crippen molar-refractivity contribution in [2.24, 2.45) is 5.41 Å². The topological polar surface area (TPSA) is 47.0 Å². The quantitative estimate of drug-likeness (QED) is 0.692. The van der Waals surface area contributed by atoms with E-state index in [4.69, 9.17) is 16.3 Å². The first-order chi connectivity index (χ1) is 12.4. The second-order valence-electron chi connectivity index (χ2n) is 7.77. The zero-order valence-corrected chi connectivity index (χ0v) is 17.2. The molecule has 0 unspecified atom stereocenters. The largest absolute Gasteiger partial charge is 0.476 e. The predicted octanol–water partition coefficient (Wildman–Crippen LogP) is 5.17. The van der Waals surface area contributed by atoms with Gasteiger partial charge in [-0.15, -0.1) is 16.9 Å². The van der Waals surface area contributed by atoms with E-state index in [1.165, 1.54) is 16.0 Å². The van der Waals surface area contributed by atoms with Crippen molar-refractivity contribution in [3.05, 3.63) is 46.1 Å². The standard InChI is InChI=1S/C20H26ClN3OS.CH4/c1-20(2,3)13-25-18-7-5-15(23-24-18)12-26-19-16-9-11-22-10-8-14(16)4-6-17(19)21;/h4-7,22H,8-13H2,1-3H3;1H4. The molecule has 0 saturated carbocycles. The summed E-state index contributed by atoms with van der Waals surface area (Å²) in [4.78, 5) is 1.18. The lowest BCUT2D eigenvalue weighted by Crippen LogP contribution is -2.17. The summed E-state index contributed by atoms with van der Waals surface area (Å²) in [7, 11) is 0. The molecular formula is C21H30ClN3OS. The molecule has 0 atom stereocenters. The van der Waals surface area contributed by atoms with Gasteiger partial charge in [0.1, 0.15) is 0 Å². The fourth-order valence-electron chi connectivity index (χ4n) is 2.80. The molecule has 0 fully saturated rings. The van der Waals surface area contributed by atoms with Crippen molar-refractivity contribution in [2.45, 2.75) is 51.7 Å². The summed E-state index contributed by atoms with van der Waals surface area (Å²) in [6.07, 6.45) is 2.07. The lowest BCUT2D eigenvalue weighted by Gasteiger charge is -2.18. The molecule has 6 heteroatoms. The molecule has 0 aliphatic carbocycles. The number of rotatable bonds is 5. The zero-order chi connectivity index (χ0) is 18.6. The molecule has 1 aromatic heterocycles. The smallest absolute Gasteiger partial charge is 0.233 e. The molecule has 148 valence electrons. The average molecular weight is 408 g/mol. The maximum atomic E-state index is 6.49. The van der Waals surface area contributed by atoms with Crippen LogP contribution in [0.4, 0.5) is 0 Å². The number of fused-ring (bicyclic) bond motifs is 1. The molecule has 1 aliphatic heterocycles. The van der Waals surface area contributed by atoms with E-state index in [1.54, 1.807) is 11.8 Å². The van der Waals surface area contributed by atoms with Gasteiger partial charge in [-0.1, -0.05) is 45.9 Å². The summed E-state index contributed by atoms with van der Waals surface area (Å²) in [5, 5.41) is 12.8. The van der Waals surface area contributed by atoms with Crippen LogP contribution in [0.15, 0.2) is 29.2 Å². The molecule has 0 bridgehead atoms. The normalized spacial score (nSPS) is 14.1. The van der Waals surface area contributed by atoms with Crippen molar-refractivity contribution in [1.82, 2.24) is 15.5 Å². The Bertz CT molecular complexity index is 744. The third kappa shape index (κ3) is 6.37.